The molecule has 1 unspecified atom stereocenters. The zero-order valence-corrected chi connectivity index (χ0v) is 11.7. The van der Waals surface area contributed by atoms with Crippen LogP contribution in [0.2, 0.25) is 0 Å². The molecule has 100 valence electrons. The van der Waals surface area contributed by atoms with Gasteiger partial charge in [0.05, 0.1) is 23.9 Å². The first kappa shape index (κ1) is 13.4. The second-order valence-corrected chi connectivity index (χ2v) is 6.22. The lowest BCUT2D eigenvalue weighted by atomic mass is 9.94. The first-order valence-corrected chi connectivity index (χ1v) is 6.49. The molecule has 1 aliphatic heterocycles. The normalized spacial score (nSPS) is 25.1. The van der Waals surface area contributed by atoms with Crippen molar-refractivity contribution >= 4 is 5.69 Å². The number of rotatable bonds is 3. The van der Waals surface area contributed by atoms with Gasteiger partial charge in [-0.3, -0.25) is 0 Å². The highest BCUT2D eigenvalue weighted by Gasteiger charge is 2.45. The van der Waals surface area contributed by atoms with Crippen LogP contribution in [-0.2, 0) is 11.3 Å². The highest BCUT2D eigenvalue weighted by atomic mass is 16.5. The van der Waals surface area contributed by atoms with E-state index < -0.39 is 0 Å². The molecule has 2 rings (SSSR count). The highest BCUT2D eigenvalue weighted by molar-refractivity contribution is 5.47. The number of hydrogen-bond donors (Lipinski definition) is 2. The first-order valence-electron chi connectivity index (χ1n) is 6.49. The summed E-state index contributed by atoms with van der Waals surface area (Å²) in [7, 11) is 0. The van der Waals surface area contributed by atoms with Gasteiger partial charge in [0.2, 0.25) is 0 Å². The van der Waals surface area contributed by atoms with Crippen molar-refractivity contribution in [1.82, 2.24) is 0 Å². The summed E-state index contributed by atoms with van der Waals surface area (Å²) in [6.45, 7) is 8.57. The summed E-state index contributed by atoms with van der Waals surface area (Å²) in [6, 6.07) is 8.18. The molecule has 0 spiro atoms. The Morgan fingerprint density at radius 1 is 1.33 bits per heavy atom. The van der Waals surface area contributed by atoms with E-state index in [1.807, 2.05) is 24.3 Å². The van der Waals surface area contributed by atoms with Crippen molar-refractivity contribution in [2.24, 2.45) is 0 Å². The minimum atomic E-state index is -0.182. The Morgan fingerprint density at radius 2 is 2.06 bits per heavy atom. The van der Waals surface area contributed by atoms with E-state index >= 15 is 0 Å². The van der Waals surface area contributed by atoms with E-state index in [1.165, 1.54) is 0 Å². The van der Waals surface area contributed by atoms with Crippen LogP contribution in [0.25, 0.3) is 0 Å². The van der Waals surface area contributed by atoms with Crippen LogP contribution < -0.4 is 5.32 Å². The average molecular weight is 249 g/mol. The summed E-state index contributed by atoms with van der Waals surface area (Å²) in [4.78, 5) is 0. The van der Waals surface area contributed by atoms with Gasteiger partial charge in [-0.1, -0.05) is 12.1 Å². The third-order valence-electron chi connectivity index (χ3n) is 3.52. The summed E-state index contributed by atoms with van der Waals surface area (Å²) < 4.78 is 6.07. The highest BCUT2D eigenvalue weighted by Crippen LogP contribution is 2.38. The molecule has 0 radical (unpaired) electrons. The molecule has 1 aliphatic rings. The molecule has 1 aromatic rings. The fourth-order valence-corrected chi connectivity index (χ4v) is 2.75. The molecule has 1 heterocycles. The molecular weight excluding hydrogens is 226 g/mol. The van der Waals surface area contributed by atoms with Crippen molar-refractivity contribution < 1.29 is 9.84 Å². The van der Waals surface area contributed by atoms with Gasteiger partial charge < -0.3 is 15.2 Å². The molecule has 1 aromatic carbocycles. The molecule has 3 heteroatoms. The van der Waals surface area contributed by atoms with Crippen molar-refractivity contribution in [2.45, 2.75) is 58.0 Å². The van der Waals surface area contributed by atoms with Crippen molar-refractivity contribution in [3.05, 3.63) is 29.8 Å². The molecule has 0 amide bonds. The van der Waals surface area contributed by atoms with Crippen LogP contribution in [0.4, 0.5) is 5.69 Å². The number of ether oxygens (including phenoxy) is 1. The van der Waals surface area contributed by atoms with Crippen molar-refractivity contribution in [2.75, 3.05) is 5.32 Å². The summed E-state index contributed by atoms with van der Waals surface area (Å²) in [5.41, 5.74) is 1.70. The number of benzene rings is 1. The summed E-state index contributed by atoms with van der Waals surface area (Å²) in [5, 5.41) is 12.7. The number of nitrogens with one attached hydrogen (secondary N) is 1. The zero-order chi connectivity index (χ0) is 13.4. The van der Waals surface area contributed by atoms with Gasteiger partial charge >= 0.3 is 0 Å². The van der Waals surface area contributed by atoms with E-state index in [-0.39, 0.29) is 23.9 Å². The SMILES string of the molecule is CC1(C)CC(Nc2cccc(CO)c2)C(C)(C)O1. The molecule has 1 atom stereocenters. The van der Waals surface area contributed by atoms with Gasteiger partial charge in [-0.2, -0.15) is 0 Å². The van der Waals surface area contributed by atoms with Crippen LogP contribution in [-0.4, -0.2) is 22.4 Å². The predicted octanol–water partition coefficient (Wildman–Crippen LogP) is 2.94. The van der Waals surface area contributed by atoms with Gasteiger partial charge in [-0.05, 0) is 51.8 Å². The monoisotopic (exact) mass is 249 g/mol. The Labute approximate surface area is 109 Å². The lowest BCUT2D eigenvalue weighted by Gasteiger charge is -2.28. The second kappa shape index (κ2) is 4.56. The smallest absolute Gasteiger partial charge is 0.0834 e. The Morgan fingerprint density at radius 3 is 2.61 bits per heavy atom. The fraction of sp³-hybridized carbons (Fsp3) is 0.600. The molecule has 0 aromatic heterocycles. The summed E-state index contributed by atoms with van der Waals surface area (Å²) in [5.74, 6) is 0. The van der Waals surface area contributed by atoms with Crippen LogP contribution in [0.1, 0.15) is 39.7 Å². The Balaban J connectivity index is 2.13. The maximum Gasteiger partial charge on any atom is 0.0834 e. The maximum atomic E-state index is 9.16. The molecule has 2 N–H and O–H groups in total. The van der Waals surface area contributed by atoms with E-state index in [1.54, 1.807) is 0 Å². The topological polar surface area (TPSA) is 41.5 Å². The van der Waals surface area contributed by atoms with Gasteiger partial charge in [0.1, 0.15) is 0 Å². The Kier molecular flexibility index (Phi) is 3.39. The van der Waals surface area contributed by atoms with E-state index in [4.69, 9.17) is 9.84 Å². The van der Waals surface area contributed by atoms with E-state index in [0.29, 0.717) is 0 Å². The van der Waals surface area contributed by atoms with Crippen molar-refractivity contribution in [1.29, 1.82) is 0 Å². The lowest BCUT2D eigenvalue weighted by Crippen LogP contribution is -2.38. The predicted molar refractivity (Wildman–Crippen MR) is 73.6 cm³/mol. The number of anilines is 1. The Bertz CT molecular complexity index is 426. The van der Waals surface area contributed by atoms with Gasteiger partial charge in [-0.25, -0.2) is 0 Å². The van der Waals surface area contributed by atoms with E-state index in [9.17, 15) is 0 Å². The van der Waals surface area contributed by atoms with Crippen LogP contribution in [0, 0.1) is 0 Å². The quantitative estimate of drug-likeness (QED) is 0.865. The van der Waals surface area contributed by atoms with Crippen LogP contribution in [0.5, 0.6) is 0 Å². The van der Waals surface area contributed by atoms with Crippen molar-refractivity contribution in [3.63, 3.8) is 0 Å². The van der Waals surface area contributed by atoms with Crippen molar-refractivity contribution in [3.8, 4) is 0 Å². The first-order chi connectivity index (χ1) is 8.32. The molecule has 18 heavy (non-hydrogen) atoms. The maximum absolute atomic E-state index is 9.16. The van der Waals surface area contributed by atoms with Gasteiger partial charge in [0.25, 0.3) is 0 Å². The van der Waals surface area contributed by atoms with Gasteiger partial charge in [-0.15, -0.1) is 0 Å². The third kappa shape index (κ3) is 2.85. The Hall–Kier alpha value is -1.06. The second-order valence-electron chi connectivity index (χ2n) is 6.22. The fourth-order valence-electron chi connectivity index (χ4n) is 2.75. The van der Waals surface area contributed by atoms with Gasteiger partial charge in [0, 0.05) is 5.69 Å². The number of aliphatic hydroxyl groups excluding tert-OH is 1. The molecular formula is C15H23NO2. The largest absolute Gasteiger partial charge is 0.392 e. The molecule has 1 saturated heterocycles. The molecule has 3 nitrogen and oxygen atoms in total. The molecule has 0 aliphatic carbocycles. The van der Waals surface area contributed by atoms with Gasteiger partial charge in [0.15, 0.2) is 0 Å². The molecule has 0 saturated carbocycles. The minimum absolute atomic E-state index is 0.0750. The molecule has 0 bridgehead atoms. The minimum Gasteiger partial charge on any atom is -0.392 e. The van der Waals surface area contributed by atoms with Crippen LogP contribution in [0.3, 0.4) is 0 Å². The summed E-state index contributed by atoms with van der Waals surface area (Å²) >= 11 is 0. The zero-order valence-electron chi connectivity index (χ0n) is 11.7. The van der Waals surface area contributed by atoms with E-state index in [0.717, 1.165) is 17.7 Å². The van der Waals surface area contributed by atoms with E-state index in [2.05, 4.69) is 33.0 Å². The summed E-state index contributed by atoms with van der Waals surface area (Å²) in [6.07, 6.45) is 0.976. The number of hydrogen-bond acceptors (Lipinski definition) is 3. The van der Waals surface area contributed by atoms with Crippen LogP contribution in [0.15, 0.2) is 24.3 Å². The standard InChI is InChI=1S/C15H23NO2/c1-14(2)9-13(15(3,4)18-14)16-12-7-5-6-11(8-12)10-17/h5-8,13,16-17H,9-10H2,1-4H3. The lowest BCUT2D eigenvalue weighted by molar-refractivity contribution is -0.0662. The average Bonchev–Trinajstić information content (AvgIpc) is 2.47. The number of aliphatic hydroxyl groups is 1. The molecule has 1 fully saturated rings. The third-order valence-corrected chi connectivity index (χ3v) is 3.52. The van der Waals surface area contributed by atoms with Crippen LogP contribution >= 0.6 is 0 Å².